The Morgan fingerprint density at radius 2 is 1.79 bits per heavy atom. The lowest BCUT2D eigenvalue weighted by atomic mass is 9.73. The van der Waals surface area contributed by atoms with Gasteiger partial charge < -0.3 is 9.84 Å². The van der Waals surface area contributed by atoms with Gasteiger partial charge in [0.2, 0.25) is 0 Å². The van der Waals surface area contributed by atoms with Crippen LogP contribution >= 0.6 is 0 Å². The summed E-state index contributed by atoms with van der Waals surface area (Å²) in [5, 5.41) is 12.9. The van der Waals surface area contributed by atoms with Crippen LogP contribution in [0.1, 0.15) is 103 Å². The number of benzene rings is 1. The summed E-state index contributed by atoms with van der Waals surface area (Å²) in [5.41, 5.74) is 3.09. The van der Waals surface area contributed by atoms with E-state index < -0.39 is 6.10 Å². The number of hydrogen-bond donors (Lipinski definition) is 1. The SMILES string of the molecule is C=CC1CN2CCC1CC2[C@H](O)c1cc(CC(C)CCCC(C)CCCC(C)CC)nc2ccc(OC)cc12. The molecular formula is C35H54N2O2. The molecule has 5 rings (SSSR count). The van der Waals surface area contributed by atoms with Gasteiger partial charge in [-0.2, -0.15) is 0 Å². The van der Waals surface area contributed by atoms with Crippen LogP contribution in [0.5, 0.6) is 5.75 Å². The first-order valence-corrected chi connectivity index (χ1v) is 15.8. The standard InChI is InChI=1S/C35H54N2O2/c1-7-24(3)11-9-12-25(4)13-10-14-26(5)19-29-21-32(31-22-30(39-6)15-16-33(31)36-29)35(38)34-20-28-17-18-37(34)23-27(28)8-2/h8,15-16,21-22,24-28,34-35,38H,2,7,9-14,17-20,23H2,1,3-6H3/t24?,25?,26?,27?,28?,34?,35-/m1/s1. The van der Waals surface area contributed by atoms with Crippen molar-refractivity contribution in [2.24, 2.45) is 29.6 Å². The lowest BCUT2D eigenvalue weighted by Crippen LogP contribution is -2.54. The fourth-order valence-electron chi connectivity index (χ4n) is 7.11. The topological polar surface area (TPSA) is 45.6 Å². The molecule has 3 aliphatic rings. The predicted octanol–water partition coefficient (Wildman–Crippen LogP) is 8.37. The van der Waals surface area contributed by atoms with Crippen LogP contribution in [0, 0.1) is 29.6 Å². The molecule has 2 aromatic rings. The second kappa shape index (κ2) is 14.1. The number of aliphatic hydroxyl groups excluding tert-OH is 1. The molecule has 8 atom stereocenters. The van der Waals surface area contributed by atoms with Crippen LogP contribution in [0.3, 0.4) is 0 Å². The number of fused-ring (bicyclic) bond motifs is 4. The molecule has 7 unspecified atom stereocenters. The molecular weight excluding hydrogens is 480 g/mol. The number of pyridine rings is 1. The summed E-state index contributed by atoms with van der Waals surface area (Å²) in [7, 11) is 1.70. The van der Waals surface area contributed by atoms with E-state index in [0.717, 1.165) is 65.7 Å². The fraction of sp³-hybridized carbons (Fsp3) is 0.686. The zero-order chi connectivity index (χ0) is 27.9. The van der Waals surface area contributed by atoms with E-state index in [0.29, 0.717) is 17.8 Å². The smallest absolute Gasteiger partial charge is 0.119 e. The average molecular weight is 535 g/mol. The summed E-state index contributed by atoms with van der Waals surface area (Å²) >= 11 is 0. The van der Waals surface area contributed by atoms with E-state index in [9.17, 15) is 5.11 Å². The lowest BCUT2D eigenvalue weighted by molar-refractivity contribution is -0.0445. The van der Waals surface area contributed by atoms with Gasteiger partial charge in [-0.05, 0) is 85.2 Å². The highest BCUT2D eigenvalue weighted by Gasteiger charge is 2.42. The quantitative estimate of drug-likeness (QED) is 0.233. The Kier molecular flexibility index (Phi) is 10.9. The van der Waals surface area contributed by atoms with E-state index in [4.69, 9.17) is 9.72 Å². The number of hydrogen-bond acceptors (Lipinski definition) is 4. The van der Waals surface area contributed by atoms with E-state index in [1.54, 1.807) is 7.11 Å². The molecule has 1 aromatic carbocycles. The monoisotopic (exact) mass is 534 g/mol. The minimum atomic E-state index is -0.526. The average Bonchev–Trinajstić information content (AvgIpc) is 2.96. The zero-order valence-electron chi connectivity index (χ0n) is 25.4. The number of aromatic nitrogens is 1. The summed E-state index contributed by atoms with van der Waals surface area (Å²) in [6.07, 6.45) is 14.1. The molecule has 3 fully saturated rings. The van der Waals surface area contributed by atoms with Crippen molar-refractivity contribution in [3.63, 3.8) is 0 Å². The van der Waals surface area contributed by atoms with Crippen LogP contribution in [0.2, 0.25) is 0 Å². The van der Waals surface area contributed by atoms with Crippen LogP contribution in [0.25, 0.3) is 10.9 Å². The largest absolute Gasteiger partial charge is 0.497 e. The maximum Gasteiger partial charge on any atom is 0.119 e. The van der Waals surface area contributed by atoms with Crippen LogP contribution < -0.4 is 4.74 Å². The van der Waals surface area contributed by atoms with Crippen molar-refractivity contribution >= 4 is 10.9 Å². The molecule has 4 heterocycles. The Morgan fingerprint density at radius 3 is 2.44 bits per heavy atom. The van der Waals surface area contributed by atoms with Gasteiger partial charge in [0.05, 0.1) is 18.7 Å². The lowest BCUT2D eigenvalue weighted by Gasteiger charge is -2.50. The van der Waals surface area contributed by atoms with Gasteiger partial charge in [-0.1, -0.05) is 78.7 Å². The molecule has 4 nitrogen and oxygen atoms in total. The number of piperidine rings is 3. The Hall–Kier alpha value is -1.91. The Bertz CT molecular complexity index is 1070. The first-order chi connectivity index (χ1) is 18.8. The van der Waals surface area contributed by atoms with Gasteiger partial charge in [0, 0.05) is 23.7 Å². The van der Waals surface area contributed by atoms with Gasteiger partial charge in [0.25, 0.3) is 0 Å². The second-order valence-corrected chi connectivity index (χ2v) is 13.1. The predicted molar refractivity (Wildman–Crippen MR) is 164 cm³/mol. The first-order valence-electron chi connectivity index (χ1n) is 15.8. The highest BCUT2D eigenvalue weighted by Crippen LogP contribution is 2.42. The molecule has 4 heteroatoms. The van der Waals surface area contributed by atoms with Crippen LogP contribution in [-0.2, 0) is 6.42 Å². The molecule has 0 radical (unpaired) electrons. The van der Waals surface area contributed by atoms with E-state index in [-0.39, 0.29) is 6.04 Å². The molecule has 3 saturated heterocycles. The summed E-state index contributed by atoms with van der Waals surface area (Å²) in [6.45, 7) is 15.6. The van der Waals surface area contributed by atoms with Crippen LogP contribution in [-0.4, -0.2) is 41.2 Å². The summed E-state index contributed by atoms with van der Waals surface area (Å²) < 4.78 is 5.55. The Labute approximate surface area is 238 Å². The molecule has 1 N–H and O–H groups in total. The van der Waals surface area contributed by atoms with Gasteiger partial charge in [-0.3, -0.25) is 9.88 Å². The van der Waals surface area contributed by atoms with Crippen molar-refractivity contribution in [1.82, 2.24) is 9.88 Å². The highest BCUT2D eigenvalue weighted by atomic mass is 16.5. The molecule has 3 aliphatic heterocycles. The van der Waals surface area contributed by atoms with Gasteiger partial charge in [0.15, 0.2) is 0 Å². The summed E-state index contributed by atoms with van der Waals surface area (Å²) in [5.74, 6) is 4.26. The molecule has 0 aliphatic carbocycles. The normalized spacial score (nSPS) is 25.8. The minimum absolute atomic E-state index is 0.156. The zero-order valence-corrected chi connectivity index (χ0v) is 25.4. The van der Waals surface area contributed by atoms with E-state index in [1.165, 1.54) is 51.4 Å². The van der Waals surface area contributed by atoms with E-state index >= 15 is 0 Å². The molecule has 39 heavy (non-hydrogen) atoms. The minimum Gasteiger partial charge on any atom is -0.497 e. The highest BCUT2D eigenvalue weighted by molar-refractivity contribution is 5.84. The molecule has 1 aromatic heterocycles. The van der Waals surface area contributed by atoms with Crippen molar-refractivity contribution in [2.75, 3.05) is 20.2 Å². The maximum atomic E-state index is 11.8. The van der Waals surface area contributed by atoms with E-state index in [2.05, 4.69) is 63.4 Å². The molecule has 0 amide bonds. The van der Waals surface area contributed by atoms with Gasteiger partial charge in [-0.25, -0.2) is 0 Å². The number of aliphatic hydroxyl groups is 1. The molecule has 216 valence electrons. The van der Waals surface area contributed by atoms with Crippen molar-refractivity contribution < 1.29 is 9.84 Å². The van der Waals surface area contributed by atoms with Crippen molar-refractivity contribution in [2.45, 2.75) is 104 Å². The van der Waals surface area contributed by atoms with Crippen molar-refractivity contribution in [1.29, 1.82) is 0 Å². The van der Waals surface area contributed by atoms with Crippen molar-refractivity contribution in [3.8, 4) is 5.75 Å². The van der Waals surface area contributed by atoms with Gasteiger partial charge in [0.1, 0.15) is 5.75 Å². The summed E-state index contributed by atoms with van der Waals surface area (Å²) in [4.78, 5) is 7.56. The number of nitrogens with zero attached hydrogens (tertiary/aromatic N) is 2. The van der Waals surface area contributed by atoms with E-state index in [1.807, 2.05) is 6.07 Å². The Balaban J connectivity index is 1.43. The van der Waals surface area contributed by atoms with Crippen LogP contribution in [0.15, 0.2) is 36.9 Å². The third kappa shape index (κ3) is 7.64. The Morgan fingerprint density at radius 1 is 1.08 bits per heavy atom. The first kappa shape index (κ1) is 30.1. The number of ether oxygens (including phenoxy) is 1. The molecule has 2 bridgehead atoms. The third-order valence-corrected chi connectivity index (χ3v) is 9.98. The second-order valence-electron chi connectivity index (χ2n) is 13.1. The number of methoxy groups -OCH3 is 1. The summed E-state index contributed by atoms with van der Waals surface area (Å²) in [6, 6.07) is 8.46. The third-order valence-electron chi connectivity index (χ3n) is 9.98. The van der Waals surface area contributed by atoms with Crippen LogP contribution in [0.4, 0.5) is 0 Å². The van der Waals surface area contributed by atoms with Crippen molar-refractivity contribution in [3.05, 3.63) is 48.2 Å². The number of rotatable bonds is 15. The fourth-order valence-corrected chi connectivity index (χ4v) is 7.11. The molecule has 0 saturated carbocycles. The maximum absolute atomic E-state index is 11.8. The van der Waals surface area contributed by atoms with Gasteiger partial charge >= 0.3 is 0 Å². The molecule has 0 spiro atoms. The van der Waals surface area contributed by atoms with Gasteiger partial charge in [-0.15, -0.1) is 6.58 Å².